The fraction of sp³-hybridized carbons (Fsp3) is 0.123. The fourth-order valence-electron chi connectivity index (χ4n) is 10.2. The van der Waals surface area contributed by atoms with Crippen LogP contribution in [-0.2, 0) is 10.8 Å². The van der Waals surface area contributed by atoms with E-state index in [1.165, 1.54) is 77.4 Å². The molecule has 8 aromatic rings. The molecule has 0 aromatic heterocycles. The topological polar surface area (TPSA) is 6.48 Å². The van der Waals surface area contributed by atoms with Crippen LogP contribution in [0.1, 0.15) is 56.9 Å². The van der Waals surface area contributed by atoms with E-state index in [4.69, 9.17) is 0 Å². The summed E-state index contributed by atoms with van der Waals surface area (Å²) in [6.07, 6.45) is 8.06. The molecule has 2 nitrogen and oxygen atoms in total. The standard InChI is InChI=1S/C57H48N2/c1-7-8-10-19-38(2)58(52-28-17-22-39-20-13-15-26-44(39)52)42-30-32-46-48-34-35-49-47-33-31-43(37-51(47)57(5,6)55(49)54(48)56(3,4)50(46)36-42)59(41-24-11-9-12-25-41)53-29-18-23-40-21-14-16-27-45(40)53/h7-37H,1H2,2-6H3/b10-8-,38-19+. The lowest BCUT2D eigenvalue weighted by molar-refractivity contribution is 0.601. The molecule has 2 heteroatoms. The molecule has 59 heavy (non-hydrogen) atoms. The lowest BCUT2D eigenvalue weighted by Crippen LogP contribution is -2.24. The number of nitrogens with zero attached hydrogens (tertiary/aromatic N) is 2. The van der Waals surface area contributed by atoms with Crippen molar-refractivity contribution in [2.45, 2.75) is 45.4 Å². The fourth-order valence-corrected chi connectivity index (χ4v) is 10.2. The molecule has 0 bridgehead atoms. The highest BCUT2D eigenvalue weighted by Crippen LogP contribution is 2.60. The van der Waals surface area contributed by atoms with Gasteiger partial charge in [0.2, 0.25) is 0 Å². The van der Waals surface area contributed by atoms with Gasteiger partial charge in [-0.1, -0.05) is 168 Å². The number of hydrogen-bond donors (Lipinski definition) is 0. The second kappa shape index (κ2) is 13.9. The predicted molar refractivity (Wildman–Crippen MR) is 253 cm³/mol. The third kappa shape index (κ3) is 5.69. The third-order valence-electron chi connectivity index (χ3n) is 12.9. The molecule has 0 N–H and O–H groups in total. The van der Waals surface area contributed by atoms with Gasteiger partial charge < -0.3 is 9.80 Å². The Kier molecular flexibility index (Phi) is 8.58. The van der Waals surface area contributed by atoms with Crippen LogP contribution in [0.3, 0.4) is 0 Å². The van der Waals surface area contributed by atoms with Gasteiger partial charge in [-0.15, -0.1) is 0 Å². The SMILES string of the molecule is C=C/C=C\C=C(/C)N(c1ccc2c(c1)C(C)(C)c1c-2ccc2c1C(C)(C)c1cc(N(c3ccccc3)c3cccc4ccccc34)ccc1-2)c1cccc2ccccc12. The summed E-state index contributed by atoms with van der Waals surface area (Å²) in [7, 11) is 0. The van der Waals surface area contributed by atoms with Gasteiger partial charge >= 0.3 is 0 Å². The summed E-state index contributed by atoms with van der Waals surface area (Å²) >= 11 is 0. The Bertz CT molecular complexity index is 3020. The van der Waals surface area contributed by atoms with E-state index < -0.39 is 0 Å². The molecule has 0 amide bonds. The van der Waals surface area contributed by atoms with Crippen molar-refractivity contribution in [2.24, 2.45) is 0 Å². The number of allylic oxidation sites excluding steroid dienone is 5. The van der Waals surface area contributed by atoms with E-state index in [0.717, 1.165) is 22.8 Å². The van der Waals surface area contributed by atoms with Crippen molar-refractivity contribution >= 4 is 50.0 Å². The highest BCUT2D eigenvalue weighted by molar-refractivity contribution is 6.01. The van der Waals surface area contributed by atoms with E-state index in [2.05, 4.69) is 227 Å². The van der Waals surface area contributed by atoms with Crippen LogP contribution in [0, 0.1) is 0 Å². The van der Waals surface area contributed by atoms with Crippen molar-refractivity contribution in [1.82, 2.24) is 0 Å². The van der Waals surface area contributed by atoms with Gasteiger partial charge in [0, 0.05) is 44.4 Å². The van der Waals surface area contributed by atoms with Gasteiger partial charge in [-0.2, -0.15) is 0 Å². The number of hydrogen-bond acceptors (Lipinski definition) is 2. The van der Waals surface area contributed by atoms with Crippen LogP contribution in [-0.4, -0.2) is 0 Å². The largest absolute Gasteiger partial charge is 0.314 e. The first kappa shape index (κ1) is 36.4. The van der Waals surface area contributed by atoms with Crippen LogP contribution >= 0.6 is 0 Å². The minimum Gasteiger partial charge on any atom is -0.314 e. The summed E-state index contributed by atoms with van der Waals surface area (Å²) in [5.74, 6) is 0. The zero-order chi connectivity index (χ0) is 40.5. The Morgan fingerprint density at radius 1 is 0.475 bits per heavy atom. The van der Waals surface area contributed by atoms with E-state index in [1.807, 2.05) is 12.2 Å². The van der Waals surface area contributed by atoms with Crippen LogP contribution < -0.4 is 9.80 Å². The molecule has 0 unspecified atom stereocenters. The number of fused-ring (bicyclic) bond motifs is 9. The molecule has 0 radical (unpaired) electrons. The first-order valence-electron chi connectivity index (χ1n) is 20.7. The number of para-hydroxylation sites is 1. The normalized spacial score (nSPS) is 14.6. The van der Waals surface area contributed by atoms with Gasteiger partial charge in [-0.25, -0.2) is 0 Å². The second-order valence-electron chi connectivity index (χ2n) is 17.1. The lowest BCUT2D eigenvalue weighted by Gasteiger charge is -2.32. The lowest BCUT2D eigenvalue weighted by atomic mass is 9.72. The van der Waals surface area contributed by atoms with Crippen LogP contribution in [0.5, 0.6) is 0 Å². The summed E-state index contributed by atoms with van der Waals surface area (Å²) in [6, 6.07) is 60.5. The van der Waals surface area contributed by atoms with Gasteiger partial charge in [0.25, 0.3) is 0 Å². The van der Waals surface area contributed by atoms with E-state index in [-0.39, 0.29) is 10.8 Å². The van der Waals surface area contributed by atoms with Crippen LogP contribution in [0.25, 0.3) is 43.8 Å². The smallest absolute Gasteiger partial charge is 0.0540 e. The minimum absolute atomic E-state index is 0.235. The minimum atomic E-state index is -0.238. The summed E-state index contributed by atoms with van der Waals surface area (Å²) in [5.41, 5.74) is 17.4. The van der Waals surface area contributed by atoms with Crippen LogP contribution in [0.4, 0.5) is 28.4 Å². The average Bonchev–Trinajstić information content (AvgIpc) is 3.63. The van der Waals surface area contributed by atoms with Gasteiger partial charge in [-0.3, -0.25) is 0 Å². The summed E-state index contributed by atoms with van der Waals surface area (Å²) in [6.45, 7) is 15.8. The van der Waals surface area contributed by atoms with Crippen molar-refractivity contribution in [3.05, 3.63) is 223 Å². The Morgan fingerprint density at radius 2 is 0.966 bits per heavy atom. The molecule has 0 fully saturated rings. The summed E-state index contributed by atoms with van der Waals surface area (Å²) in [5, 5.41) is 4.91. The number of benzene rings is 8. The zero-order valence-electron chi connectivity index (χ0n) is 34.5. The molecule has 0 heterocycles. The first-order chi connectivity index (χ1) is 28.7. The van der Waals surface area contributed by atoms with Crippen molar-refractivity contribution < 1.29 is 0 Å². The quantitative estimate of drug-likeness (QED) is 0.142. The predicted octanol–water partition coefficient (Wildman–Crippen LogP) is 15.9. The Hall–Kier alpha value is -6.90. The molecule has 0 saturated carbocycles. The Labute approximate surface area is 348 Å². The molecule has 8 aromatic carbocycles. The monoisotopic (exact) mass is 760 g/mol. The molecule has 0 saturated heterocycles. The molecule has 0 atom stereocenters. The van der Waals surface area contributed by atoms with Crippen molar-refractivity contribution in [3.8, 4) is 22.3 Å². The van der Waals surface area contributed by atoms with Crippen molar-refractivity contribution in [3.63, 3.8) is 0 Å². The Balaban J connectivity index is 1.10. The summed E-state index contributed by atoms with van der Waals surface area (Å²) < 4.78 is 0. The molecule has 0 spiro atoms. The van der Waals surface area contributed by atoms with Gasteiger partial charge in [0.05, 0.1) is 11.4 Å². The van der Waals surface area contributed by atoms with Crippen molar-refractivity contribution in [1.29, 1.82) is 0 Å². The third-order valence-corrected chi connectivity index (χ3v) is 12.9. The maximum atomic E-state index is 3.90. The Morgan fingerprint density at radius 3 is 1.58 bits per heavy atom. The van der Waals surface area contributed by atoms with Crippen LogP contribution in [0.15, 0.2) is 200 Å². The molecule has 0 aliphatic heterocycles. The van der Waals surface area contributed by atoms with E-state index >= 15 is 0 Å². The number of rotatable bonds is 8. The zero-order valence-corrected chi connectivity index (χ0v) is 34.5. The van der Waals surface area contributed by atoms with Gasteiger partial charge in [-0.05, 0) is 117 Å². The molecular weight excluding hydrogens is 713 g/mol. The van der Waals surface area contributed by atoms with E-state index in [1.54, 1.807) is 0 Å². The molecule has 2 aliphatic rings. The molecular formula is C57H48N2. The summed E-state index contributed by atoms with van der Waals surface area (Å²) in [4.78, 5) is 4.84. The van der Waals surface area contributed by atoms with Crippen LogP contribution in [0.2, 0.25) is 0 Å². The maximum absolute atomic E-state index is 3.90. The molecule has 2 aliphatic carbocycles. The highest BCUT2D eigenvalue weighted by Gasteiger charge is 2.46. The van der Waals surface area contributed by atoms with Crippen molar-refractivity contribution in [2.75, 3.05) is 9.80 Å². The maximum Gasteiger partial charge on any atom is 0.0540 e. The molecule has 286 valence electrons. The first-order valence-corrected chi connectivity index (χ1v) is 20.7. The highest BCUT2D eigenvalue weighted by atomic mass is 15.2. The van der Waals surface area contributed by atoms with Gasteiger partial charge in [0.15, 0.2) is 0 Å². The second-order valence-corrected chi connectivity index (χ2v) is 17.1. The van der Waals surface area contributed by atoms with E-state index in [0.29, 0.717) is 0 Å². The number of anilines is 5. The average molecular weight is 761 g/mol. The molecule has 10 rings (SSSR count). The van der Waals surface area contributed by atoms with Gasteiger partial charge in [0.1, 0.15) is 0 Å². The van der Waals surface area contributed by atoms with E-state index in [9.17, 15) is 0 Å².